The highest BCUT2D eigenvalue weighted by Gasteiger charge is 2.10. The van der Waals surface area contributed by atoms with E-state index < -0.39 is 0 Å². The molecule has 100 valence electrons. The lowest BCUT2D eigenvalue weighted by Gasteiger charge is -2.11. The molecule has 2 aromatic heterocycles. The molecule has 6 heteroatoms. The fourth-order valence-corrected chi connectivity index (χ4v) is 2.10. The predicted octanol–water partition coefficient (Wildman–Crippen LogP) is 1.96. The van der Waals surface area contributed by atoms with Crippen LogP contribution in [0.15, 0.2) is 21.8 Å². The zero-order valence-corrected chi connectivity index (χ0v) is 12.7. The maximum atomic E-state index is 12.1. The molecule has 0 saturated carbocycles. The van der Waals surface area contributed by atoms with Gasteiger partial charge < -0.3 is 5.73 Å². The summed E-state index contributed by atoms with van der Waals surface area (Å²) in [5.41, 5.74) is 9.88. The van der Waals surface area contributed by atoms with E-state index in [0.29, 0.717) is 16.7 Å². The van der Waals surface area contributed by atoms with E-state index >= 15 is 0 Å². The molecule has 19 heavy (non-hydrogen) atoms. The Bertz CT molecular complexity index is 694. The van der Waals surface area contributed by atoms with E-state index in [9.17, 15) is 4.79 Å². The van der Waals surface area contributed by atoms with E-state index in [1.807, 2.05) is 13.8 Å². The summed E-state index contributed by atoms with van der Waals surface area (Å²) in [7, 11) is 0. The Balaban J connectivity index is 2.46. The number of aromatic nitrogens is 3. The molecule has 0 amide bonds. The number of pyridine rings is 1. The van der Waals surface area contributed by atoms with Crippen molar-refractivity contribution in [2.45, 2.75) is 27.3 Å². The Hall–Kier alpha value is -1.69. The van der Waals surface area contributed by atoms with Gasteiger partial charge in [-0.15, -0.1) is 0 Å². The van der Waals surface area contributed by atoms with Gasteiger partial charge in [0.05, 0.1) is 24.3 Å². The highest BCUT2D eigenvalue weighted by Crippen LogP contribution is 2.18. The molecule has 2 heterocycles. The van der Waals surface area contributed by atoms with E-state index in [-0.39, 0.29) is 5.56 Å². The number of anilines is 1. The van der Waals surface area contributed by atoms with E-state index in [1.54, 1.807) is 13.1 Å². The first-order chi connectivity index (χ1) is 8.91. The first-order valence-electron chi connectivity index (χ1n) is 5.84. The molecule has 2 aromatic rings. The van der Waals surface area contributed by atoms with Crippen LogP contribution in [-0.2, 0) is 6.54 Å². The highest BCUT2D eigenvalue weighted by atomic mass is 79.9. The van der Waals surface area contributed by atoms with Crippen molar-refractivity contribution < 1.29 is 0 Å². The molecule has 2 rings (SSSR count). The molecule has 5 nitrogen and oxygen atoms in total. The third-order valence-corrected chi connectivity index (χ3v) is 4.07. The summed E-state index contributed by atoms with van der Waals surface area (Å²) < 4.78 is 1.99. The van der Waals surface area contributed by atoms with Crippen molar-refractivity contribution in [3.8, 4) is 0 Å². The number of rotatable bonds is 2. The van der Waals surface area contributed by atoms with Crippen molar-refractivity contribution in [2.75, 3.05) is 5.73 Å². The van der Waals surface area contributed by atoms with Gasteiger partial charge in [-0.1, -0.05) is 0 Å². The molecule has 0 saturated heterocycles. The predicted molar refractivity (Wildman–Crippen MR) is 78.2 cm³/mol. The van der Waals surface area contributed by atoms with Crippen LogP contribution in [0.3, 0.4) is 0 Å². The average molecular weight is 323 g/mol. The number of hydrogen-bond donors (Lipinski definition) is 1. The standard InChI is InChI=1S/C13H15BrN4O/c1-7-4-16-10(8(2)12(7)15)5-18-6-17-9(3)11(14)13(18)19/h4,6H,5H2,1-3H3,(H2,15,16). The van der Waals surface area contributed by atoms with Gasteiger partial charge in [0, 0.05) is 11.9 Å². The second-order valence-electron chi connectivity index (χ2n) is 4.50. The van der Waals surface area contributed by atoms with Crippen molar-refractivity contribution in [3.05, 3.63) is 49.9 Å². The van der Waals surface area contributed by atoms with Gasteiger partial charge in [0.2, 0.25) is 0 Å². The Labute approximate surface area is 119 Å². The molecule has 0 bridgehead atoms. The number of halogens is 1. The normalized spacial score (nSPS) is 10.7. The van der Waals surface area contributed by atoms with Crippen LogP contribution in [0.5, 0.6) is 0 Å². The summed E-state index contributed by atoms with van der Waals surface area (Å²) in [4.78, 5) is 20.6. The largest absolute Gasteiger partial charge is 0.398 e. The quantitative estimate of drug-likeness (QED) is 0.917. The topological polar surface area (TPSA) is 73.8 Å². The van der Waals surface area contributed by atoms with Gasteiger partial charge in [0.15, 0.2) is 0 Å². The molecule has 0 aliphatic carbocycles. The van der Waals surface area contributed by atoms with Crippen LogP contribution in [0.4, 0.5) is 5.69 Å². The van der Waals surface area contributed by atoms with Crippen molar-refractivity contribution in [2.24, 2.45) is 0 Å². The number of aryl methyl sites for hydroxylation is 2. The molecule has 0 spiro atoms. The maximum Gasteiger partial charge on any atom is 0.268 e. The molecule has 0 unspecified atom stereocenters. The Morgan fingerprint density at radius 3 is 2.68 bits per heavy atom. The first-order valence-corrected chi connectivity index (χ1v) is 6.63. The summed E-state index contributed by atoms with van der Waals surface area (Å²) in [6, 6.07) is 0. The maximum absolute atomic E-state index is 12.1. The van der Waals surface area contributed by atoms with Gasteiger partial charge in [-0.2, -0.15) is 0 Å². The number of nitrogen functional groups attached to an aromatic ring is 1. The SMILES string of the molecule is Cc1cnc(Cn2cnc(C)c(Br)c2=O)c(C)c1N. The van der Waals surface area contributed by atoms with Crippen LogP contribution in [0.1, 0.15) is 22.5 Å². The van der Waals surface area contributed by atoms with Gasteiger partial charge >= 0.3 is 0 Å². The molecular weight excluding hydrogens is 308 g/mol. The Morgan fingerprint density at radius 2 is 2.00 bits per heavy atom. The summed E-state index contributed by atoms with van der Waals surface area (Å²) in [6.45, 7) is 5.96. The summed E-state index contributed by atoms with van der Waals surface area (Å²) in [5, 5.41) is 0. The van der Waals surface area contributed by atoms with E-state index in [0.717, 1.165) is 22.5 Å². The Kier molecular flexibility index (Phi) is 3.71. The zero-order valence-electron chi connectivity index (χ0n) is 11.1. The van der Waals surface area contributed by atoms with Gasteiger partial charge in [0.1, 0.15) is 4.47 Å². The summed E-state index contributed by atoms with van der Waals surface area (Å²) in [6.07, 6.45) is 3.25. The lowest BCUT2D eigenvalue weighted by Crippen LogP contribution is -2.23. The van der Waals surface area contributed by atoms with Gasteiger partial charge in [-0.05, 0) is 47.8 Å². The van der Waals surface area contributed by atoms with Gasteiger partial charge in [-0.25, -0.2) is 4.98 Å². The lowest BCUT2D eigenvalue weighted by molar-refractivity contribution is 0.704. The second kappa shape index (κ2) is 5.13. The number of hydrogen-bond acceptors (Lipinski definition) is 4. The van der Waals surface area contributed by atoms with E-state index in [1.165, 1.54) is 10.9 Å². The molecule has 0 atom stereocenters. The van der Waals surface area contributed by atoms with E-state index in [2.05, 4.69) is 25.9 Å². The molecular formula is C13H15BrN4O. The minimum atomic E-state index is -0.118. The average Bonchev–Trinajstić information content (AvgIpc) is 2.39. The van der Waals surface area contributed by atoms with Crippen molar-refractivity contribution in [1.82, 2.24) is 14.5 Å². The van der Waals surface area contributed by atoms with Crippen LogP contribution in [-0.4, -0.2) is 14.5 Å². The van der Waals surface area contributed by atoms with Gasteiger partial charge in [-0.3, -0.25) is 14.3 Å². The monoisotopic (exact) mass is 322 g/mol. The summed E-state index contributed by atoms with van der Waals surface area (Å²) >= 11 is 3.25. The second-order valence-corrected chi connectivity index (χ2v) is 5.30. The summed E-state index contributed by atoms with van der Waals surface area (Å²) in [5.74, 6) is 0. The molecule has 0 radical (unpaired) electrons. The van der Waals surface area contributed by atoms with Crippen LogP contribution in [0.25, 0.3) is 0 Å². The third-order valence-electron chi connectivity index (χ3n) is 3.15. The minimum Gasteiger partial charge on any atom is -0.398 e. The third kappa shape index (κ3) is 2.53. The van der Waals surface area contributed by atoms with Crippen molar-refractivity contribution >= 4 is 21.6 Å². The minimum absolute atomic E-state index is 0.118. The molecule has 0 aliphatic heterocycles. The first kappa shape index (κ1) is 13.7. The van der Waals surface area contributed by atoms with Crippen LogP contribution in [0.2, 0.25) is 0 Å². The van der Waals surface area contributed by atoms with E-state index in [4.69, 9.17) is 5.73 Å². The fourth-order valence-electron chi connectivity index (χ4n) is 1.77. The van der Waals surface area contributed by atoms with Crippen LogP contribution in [0, 0.1) is 20.8 Å². The van der Waals surface area contributed by atoms with Gasteiger partial charge in [0.25, 0.3) is 5.56 Å². The number of nitrogens with zero attached hydrogens (tertiary/aromatic N) is 3. The molecule has 0 aliphatic rings. The van der Waals surface area contributed by atoms with Crippen molar-refractivity contribution in [1.29, 1.82) is 0 Å². The Morgan fingerprint density at radius 1 is 1.32 bits per heavy atom. The lowest BCUT2D eigenvalue weighted by atomic mass is 10.1. The molecule has 0 fully saturated rings. The highest BCUT2D eigenvalue weighted by molar-refractivity contribution is 9.10. The zero-order chi connectivity index (χ0) is 14.2. The number of nitrogens with two attached hydrogens (primary N) is 1. The fraction of sp³-hybridized carbons (Fsp3) is 0.308. The smallest absolute Gasteiger partial charge is 0.268 e. The van der Waals surface area contributed by atoms with Crippen molar-refractivity contribution in [3.63, 3.8) is 0 Å². The molecule has 0 aromatic carbocycles. The van der Waals surface area contributed by atoms with Crippen LogP contribution >= 0.6 is 15.9 Å². The van der Waals surface area contributed by atoms with Crippen LogP contribution < -0.4 is 11.3 Å². The molecule has 2 N–H and O–H groups in total.